The molecule has 0 aliphatic carbocycles. The molecular formula is C21H26FN3O3. The Hall–Kier alpha value is -2.93. The summed E-state index contributed by atoms with van der Waals surface area (Å²) in [4.78, 5) is 25.3. The van der Waals surface area contributed by atoms with Gasteiger partial charge in [0, 0.05) is 24.8 Å². The number of anilines is 2. The van der Waals surface area contributed by atoms with Gasteiger partial charge in [0.2, 0.25) is 5.91 Å². The minimum absolute atomic E-state index is 0.0830. The number of halogens is 1. The van der Waals surface area contributed by atoms with Gasteiger partial charge in [-0.25, -0.2) is 9.18 Å². The van der Waals surface area contributed by atoms with E-state index in [0.717, 1.165) is 0 Å². The molecule has 2 aromatic rings. The molecule has 0 saturated carbocycles. The summed E-state index contributed by atoms with van der Waals surface area (Å²) >= 11 is 0. The Kier molecular flexibility index (Phi) is 7.52. The molecule has 0 saturated heterocycles. The van der Waals surface area contributed by atoms with Crippen molar-refractivity contribution in [1.29, 1.82) is 0 Å². The first-order valence-electron chi connectivity index (χ1n) is 9.11. The van der Waals surface area contributed by atoms with Gasteiger partial charge in [0.1, 0.15) is 5.82 Å². The van der Waals surface area contributed by atoms with Gasteiger partial charge in [-0.05, 0) is 47.9 Å². The molecule has 3 N–H and O–H groups in total. The Labute approximate surface area is 164 Å². The van der Waals surface area contributed by atoms with E-state index in [2.05, 4.69) is 10.6 Å². The van der Waals surface area contributed by atoms with Crippen LogP contribution in [-0.2, 0) is 4.79 Å². The van der Waals surface area contributed by atoms with E-state index in [0.29, 0.717) is 23.5 Å². The number of amides is 3. The lowest BCUT2D eigenvalue weighted by atomic mass is 10.1. The normalized spacial score (nSPS) is 11.8. The number of urea groups is 1. The van der Waals surface area contributed by atoms with Gasteiger partial charge < -0.3 is 20.6 Å². The van der Waals surface area contributed by atoms with Gasteiger partial charge in [-0.2, -0.15) is 0 Å². The van der Waals surface area contributed by atoms with E-state index in [4.69, 9.17) is 0 Å². The summed E-state index contributed by atoms with van der Waals surface area (Å²) < 4.78 is 13.1. The van der Waals surface area contributed by atoms with Gasteiger partial charge in [-0.15, -0.1) is 0 Å². The number of rotatable bonds is 7. The Bertz CT molecular complexity index is 792. The van der Waals surface area contributed by atoms with Crippen LogP contribution < -0.4 is 10.6 Å². The van der Waals surface area contributed by atoms with Crippen LogP contribution >= 0.6 is 0 Å². The van der Waals surface area contributed by atoms with Crippen LogP contribution in [0.4, 0.5) is 20.6 Å². The van der Waals surface area contributed by atoms with Crippen molar-refractivity contribution in [2.75, 3.05) is 23.7 Å². The highest BCUT2D eigenvalue weighted by molar-refractivity contribution is 5.91. The lowest BCUT2D eigenvalue weighted by molar-refractivity contribution is -0.114. The molecule has 150 valence electrons. The van der Waals surface area contributed by atoms with Crippen LogP contribution in [0.3, 0.4) is 0 Å². The predicted molar refractivity (Wildman–Crippen MR) is 108 cm³/mol. The fourth-order valence-corrected chi connectivity index (χ4v) is 2.72. The fraction of sp³-hybridized carbons (Fsp3) is 0.333. The molecule has 0 radical (unpaired) electrons. The third kappa shape index (κ3) is 6.66. The fourth-order valence-electron chi connectivity index (χ4n) is 2.72. The zero-order valence-corrected chi connectivity index (χ0v) is 16.3. The lowest BCUT2D eigenvalue weighted by Crippen LogP contribution is -2.40. The van der Waals surface area contributed by atoms with Crippen molar-refractivity contribution in [3.8, 4) is 0 Å². The zero-order chi connectivity index (χ0) is 20.7. The Balaban J connectivity index is 2.05. The molecule has 0 bridgehead atoms. The average Bonchev–Trinajstić information content (AvgIpc) is 2.62. The molecule has 3 amide bonds. The molecule has 0 heterocycles. The van der Waals surface area contributed by atoms with Crippen molar-refractivity contribution in [3.63, 3.8) is 0 Å². The molecule has 0 unspecified atom stereocenters. The molecule has 2 rings (SSSR count). The summed E-state index contributed by atoms with van der Waals surface area (Å²) in [5, 5.41) is 15.9. The van der Waals surface area contributed by atoms with Crippen LogP contribution in [-0.4, -0.2) is 35.0 Å². The van der Waals surface area contributed by atoms with Crippen molar-refractivity contribution in [2.45, 2.75) is 26.9 Å². The molecule has 0 aliphatic rings. The van der Waals surface area contributed by atoms with Crippen LogP contribution in [0, 0.1) is 11.7 Å². The number of hydrogen-bond donors (Lipinski definition) is 3. The van der Waals surface area contributed by atoms with E-state index in [1.807, 2.05) is 13.8 Å². The second kappa shape index (κ2) is 9.85. The monoisotopic (exact) mass is 387 g/mol. The highest BCUT2D eigenvalue weighted by Crippen LogP contribution is 2.18. The maximum absolute atomic E-state index is 13.1. The number of nitrogens with one attached hydrogen (secondary N) is 2. The minimum atomic E-state index is -0.924. The predicted octanol–water partition coefficient (Wildman–Crippen LogP) is 4.01. The van der Waals surface area contributed by atoms with Crippen molar-refractivity contribution in [2.24, 2.45) is 5.92 Å². The highest BCUT2D eigenvalue weighted by Gasteiger charge is 2.20. The Morgan fingerprint density at radius 1 is 0.964 bits per heavy atom. The molecule has 0 fully saturated rings. The molecule has 28 heavy (non-hydrogen) atoms. The molecule has 0 aliphatic heterocycles. The lowest BCUT2D eigenvalue weighted by Gasteiger charge is -2.27. The van der Waals surface area contributed by atoms with E-state index in [1.54, 1.807) is 24.3 Å². The Morgan fingerprint density at radius 2 is 1.50 bits per heavy atom. The van der Waals surface area contributed by atoms with Gasteiger partial charge in [0.25, 0.3) is 0 Å². The summed E-state index contributed by atoms with van der Waals surface area (Å²) in [5.74, 6) is -0.349. The minimum Gasteiger partial charge on any atom is -0.387 e. The molecule has 2 aromatic carbocycles. The van der Waals surface area contributed by atoms with Crippen molar-refractivity contribution in [3.05, 3.63) is 59.9 Å². The first-order chi connectivity index (χ1) is 13.2. The summed E-state index contributed by atoms with van der Waals surface area (Å²) in [7, 11) is 0. The van der Waals surface area contributed by atoms with Crippen LogP contribution in [0.2, 0.25) is 0 Å². The number of carbonyl (C=O) groups is 2. The number of aliphatic hydroxyl groups excluding tert-OH is 1. The third-order valence-corrected chi connectivity index (χ3v) is 3.98. The standard InChI is InChI=1S/C21H26FN3O3/c1-14(2)12-25(13-20(27)16-4-6-17(22)7-5-16)21(28)24-19-10-8-18(9-11-19)23-15(3)26/h4-11,14,20,27H,12-13H2,1-3H3,(H,23,26)(H,24,28)/t20-/m1/s1. The molecule has 0 aromatic heterocycles. The van der Waals surface area contributed by atoms with Gasteiger partial charge >= 0.3 is 6.03 Å². The summed E-state index contributed by atoms with van der Waals surface area (Å²) in [6.45, 7) is 5.92. The summed E-state index contributed by atoms with van der Waals surface area (Å²) in [6, 6.07) is 12.0. The molecule has 0 spiro atoms. The average molecular weight is 387 g/mol. The number of aliphatic hydroxyl groups is 1. The number of hydrogen-bond acceptors (Lipinski definition) is 3. The third-order valence-electron chi connectivity index (χ3n) is 3.98. The van der Waals surface area contributed by atoms with Crippen molar-refractivity contribution >= 4 is 23.3 Å². The van der Waals surface area contributed by atoms with Crippen LogP contribution in [0.25, 0.3) is 0 Å². The SMILES string of the molecule is CC(=O)Nc1ccc(NC(=O)N(CC(C)C)C[C@@H](O)c2ccc(F)cc2)cc1. The Morgan fingerprint density at radius 3 is 2.00 bits per heavy atom. The van der Waals surface area contributed by atoms with E-state index in [9.17, 15) is 19.1 Å². The van der Waals surface area contributed by atoms with Gasteiger partial charge in [-0.3, -0.25) is 4.79 Å². The van der Waals surface area contributed by atoms with Crippen LogP contribution in [0.1, 0.15) is 32.4 Å². The van der Waals surface area contributed by atoms with Crippen LogP contribution in [0.5, 0.6) is 0 Å². The first kappa shape index (κ1) is 21.4. The topological polar surface area (TPSA) is 81.7 Å². The molecule has 7 heteroatoms. The largest absolute Gasteiger partial charge is 0.387 e. The highest BCUT2D eigenvalue weighted by atomic mass is 19.1. The maximum Gasteiger partial charge on any atom is 0.321 e. The molecular weight excluding hydrogens is 361 g/mol. The van der Waals surface area contributed by atoms with E-state index < -0.39 is 6.10 Å². The molecule has 1 atom stereocenters. The molecule has 6 nitrogen and oxygen atoms in total. The van der Waals surface area contributed by atoms with E-state index in [1.165, 1.54) is 36.1 Å². The summed E-state index contributed by atoms with van der Waals surface area (Å²) in [5.41, 5.74) is 1.75. The first-order valence-corrected chi connectivity index (χ1v) is 9.11. The van der Waals surface area contributed by atoms with E-state index in [-0.39, 0.29) is 30.2 Å². The number of benzene rings is 2. The van der Waals surface area contributed by atoms with Gasteiger partial charge in [0.15, 0.2) is 0 Å². The zero-order valence-electron chi connectivity index (χ0n) is 16.3. The van der Waals surface area contributed by atoms with Crippen molar-refractivity contribution < 1.29 is 19.1 Å². The smallest absolute Gasteiger partial charge is 0.321 e. The van der Waals surface area contributed by atoms with Gasteiger partial charge in [-0.1, -0.05) is 26.0 Å². The maximum atomic E-state index is 13.1. The number of carbonyl (C=O) groups excluding carboxylic acids is 2. The van der Waals surface area contributed by atoms with Crippen LogP contribution in [0.15, 0.2) is 48.5 Å². The van der Waals surface area contributed by atoms with Crippen molar-refractivity contribution in [1.82, 2.24) is 4.90 Å². The van der Waals surface area contributed by atoms with Gasteiger partial charge in [0.05, 0.1) is 12.6 Å². The van der Waals surface area contributed by atoms with E-state index >= 15 is 0 Å². The quantitative estimate of drug-likeness (QED) is 0.671. The summed E-state index contributed by atoms with van der Waals surface area (Å²) in [6.07, 6.45) is -0.924. The second-order valence-electron chi connectivity index (χ2n) is 7.05. The number of nitrogens with zero attached hydrogens (tertiary/aromatic N) is 1. The second-order valence-corrected chi connectivity index (χ2v) is 7.05.